The Kier molecular flexibility index (Phi) is 4.82. The summed E-state index contributed by atoms with van der Waals surface area (Å²) in [5.74, 6) is 0.248. The van der Waals surface area contributed by atoms with Crippen molar-refractivity contribution >= 4 is 11.6 Å². The standard InChI is InChI=1S/C17H20N2O2/c1-12-5-3-6-13(11-12)9-10-19-17(20)14-7-4-8-15(18)16(14)21-2/h3-8,11H,9-10,18H2,1-2H3,(H,19,20). The Hall–Kier alpha value is -2.49. The number of carbonyl (C=O) groups is 1. The summed E-state index contributed by atoms with van der Waals surface area (Å²) in [5.41, 5.74) is 9.15. The first-order valence-corrected chi connectivity index (χ1v) is 6.88. The van der Waals surface area contributed by atoms with E-state index >= 15 is 0 Å². The molecule has 4 heteroatoms. The van der Waals surface area contributed by atoms with Crippen LogP contribution in [0, 0.1) is 6.92 Å². The molecule has 0 spiro atoms. The number of aryl methyl sites for hydroxylation is 1. The molecule has 2 rings (SSSR count). The molecule has 0 aromatic heterocycles. The molecule has 2 aromatic rings. The lowest BCUT2D eigenvalue weighted by Crippen LogP contribution is -2.26. The van der Waals surface area contributed by atoms with Gasteiger partial charge in [-0.25, -0.2) is 0 Å². The summed E-state index contributed by atoms with van der Waals surface area (Å²) >= 11 is 0. The van der Waals surface area contributed by atoms with Gasteiger partial charge >= 0.3 is 0 Å². The first-order chi connectivity index (χ1) is 10.1. The second kappa shape index (κ2) is 6.79. The summed E-state index contributed by atoms with van der Waals surface area (Å²) < 4.78 is 5.19. The fourth-order valence-electron chi connectivity index (χ4n) is 2.24. The maximum absolute atomic E-state index is 12.2. The molecule has 0 aliphatic carbocycles. The van der Waals surface area contributed by atoms with Gasteiger partial charge < -0.3 is 15.8 Å². The van der Waals surface area contributed by atoms with Gasteiger partial charge in [-0.1, -0.05) is 35.9 Å². The number of rotatable bonds is 5. The second-order valence-electron chi connectivity index (χ2n) is 4.92. The van der Waals surface area contributed by atoms with E-state index in [1.54, 1.807) is 18.2 Å². The number of anilines is 1. The quantitative estimate of drug-likeness (QED) is 0.829. The largest absolute Gasteiger partial charge is 0.494 e. The van der Waals surface area contributed by atoms with E-state index in [1.165, 1.54) is 18.2 Å². The summed E-state index contributed by atoms with van der Waals surface area (Å²) in [6.07, 6.45) is 0.790. The van der Waals surface area contributed by atoms with E-state index in [0.717, 1.165) is 6.42 Å². The number of ether oxygens (including phenoxy) is 1. The topological polar surface area (TPSA) is 64.3 Å². The monoisotopic (exact) mass is 284 g/mol. The third kappa shape index (κ3) is 3.75. The van der Waals surface area contributed by atoms with E-state index < -0.39 is 0 Å². The van der Waals surface area contributed by atoms with Crippen LogP contribution in [-0.4, -0.2) is 19.6 Å². The van der Waals surface area contributed by atoms with Gasteiger partial charge in [-0.2, -0.15) is 0 Å². The van der Waals surface area contributed by atoms with E-state index in [1.807, 2.05) is 6.07 Å². The zero-order valence-corrected chi connectivity index (χ0v) is 12.3. The average Bonchev–Trinajstić information content (AvgIpc) is 2.47. The number of benzene rings is 2. The molecule has 0 fully saturated rings. The van der Waals surface area contributed by atoms with Crippen LogP contribution in [0.3, 0.4) is 0 Å². The van der Waals surface area contributed by atoms with E-state index in [-0.39, 0.29) is 5.91 Å². The van der Waals surface area contributed by atoms with Crippen molar-refractivity contribution in [2.75, 3.05) is 19.4 Å². The highest BCUT2D eigenvalue weighted by Gasteiger charge is 2.13. The molecule has 0 heterocycles. The van der Waals surface area contributed by atoms with Gasteiger partial charge in [0.05, 0.1) is 18.4 Å². The van der Waals surface area contributed by atoms with Crippen LogP contribution in [0.1, 0.15) is 21.5 Å². The Balaban J connectivity index is 1.98. The zero-order valence-electron chi connectivity index (χ0n) is 12.3. The molecule has 21 heavy (non-hydrogen) atoms. The first-order valence-electron chi connectivity index (χ1n) is 6.88. The van der Waals surface area contributed by atoms with Gasteiger partial charge in [0.1, 0.15) is 0 Å². The molecule has 0 radical (unpaired) electrons. The van der Waals surface area contributed by atoms with Crippen molar-refractivity contribution in [1.29, 1.82) is 0 Å². The fourth-order valence-corrected chi connectivity index (χ4v) is 2.24. The molecule has 110 valence electrons. The molecule has 0 bridgehead atoms. The third-order valence-electron chi connectivity index (χ3n) is 3.28. The number of nitrogens with one attached hydrogen (secondary N) is 1. The number of carbonyl (C=O) groups excluding carboxylic acids is 1. The smallest absolute Gasteiger partial charge is 0.255 e. The van der Waals surface area contributed by atoms with Crippen LogP contribution in [0.4, 0.5) is 5.69 Å². The van der Waals surface area contributed by atoms with Gasteiger partial charge in [0, 0.05) is 6.54 Å². The van der Waals surface area contributed by atoms with Gasteiger partial charge in [-0.3, -0.25) is 4.79 Å². The van der Waals surface area contributed by atoms with Crippen LogP contribution in [0.2, 0.25) is 0 Å². The van der Waals surface area contributed by atoms with Gasteiger partial charge in [-0.05, 0) is 31.0 Å². The predicted molar refractivity (Wildman–Crippen MR) is 84.6 cm³/mol. The molecule has 0 atom stereocenters. The number of amides is 1. The summed E-state index contributed by atoms with van der Waals surface area (Å²) in [6, 6.07) is 13.4. The highest BCUT2D eigenvalue weighted by Crippen LogP contribution is 2.25. The lowest BCUT2D eigenvalue weighted by Gasteiger charge is -2.11. The van der Waals surface area contributed by atoms with Crippen molar-refractivity contribution in [1.82, 2.24) is 5.32 Å². The number of para-hydroxylation sites is 1. The Bertz CT molecular complexity index is 638. The van der Waals surface area contributed by atoms with Crippen molar-refractivity contribution in [3.8, 4) is 5.75 Å². The Morgan fingerprint density at radius 3 is 2.71 bits per heavy atom. The molecule has 0 unspecified atom stereocenters. The summed E-state index contributed by atoms with van der Waals surface area (Å²) in [7, 11) is 1.51. The molecule has 1 amide bonds. The first kappa shape index (κ1) is 14.9. The van der Waals surface area contributed by atoms with Gasteiger partial charge in [0.2, 0.25) is 0 Å². The lowest BCUT2D eigenvalue weighted by molar-refractivity contribution is 0.0951. The molecule has 0 aliphatic rings. The van der Waals surface area contributed by atoms with E-state index in [9.17, 15) is 4.79 Å². The summed E-state index contributed by atoms with van der Waals surface area (Å²) in [6.45, 7) is 2.62. The van der Waals surface area contributed by atoms with Crippen molar-refractivity contribution in [2.45, 2.75) is 13.3 Å². The Morgan fingerprint density at radius 2 is 2.00 bits per heavy atom. The summed E-state index contributed by atoms with van der Waals surface area (Å²) in [5, 5.41) is 2.89. The average molecular weight is 284 g/mol. The maximum atomic E-state index is 12.2. The molecule has 0 saturated carbocycles. The SMILES string of the molecule is COc1c(N)cccc1C(=O)NCCc1cccc(C)c1. The van der Waals surface area contributed by atoms with Crippen LogP contribution in [0.15, 0.2) is 42.5 Å². The number of hydrogen-bond donors (Lipinski definition) is 2. The van der Waals surface area contributed by atoms with Crippen LogP contribution in [0.5, 0.6) is 5.75 Å². The Morgan fingerprint density at radius 1 is 1.24 bits per heavy atom. The van der Waals surface area contributed by atoms with Gasteiger partial charge in [0.15, 0.2) is 5.75 Å². The molecule has 2 aromatic carbocycles. The van der Waals surface area contributed by atoms with Crippen molar-refractivity contribution in [2.24, 2.45) is 0 Å². The normalized spacial score (nSPS) is 10.2. The number of hydrogen-bond acceptors (Lipinski definition) is 3. The lowest BCUT2D eigenvalue weighted by atomic mass is 10.1. The minimum atomic E-state index is -0.174. The highest BCUT2D eigenvalue weighted by molar-refractivity contribution is 5.98. The maximum Gasteiger partial charge on any atom is 0.255 e. The van der Waals surface area contributed by atoms with Crippen LogP contribution >= 0.6 is 0 Å². The summed E-state index contributed by atoms with van der Waals surface area (Å²) in [4.78, 5) is 12.2. The van der Waals surface area contributed by atoms with Crippen LogP contribution < -0.4 is 15.8 Å². The molecular formula is C17H20N2O2. The number of methoxy groups -OCH3 is 1. The predicted octanol–water partition coefficient (Wildman–Crippen LogP) is 2.56. The molecule has 4 nitrogen and oxygen atoms in total. The highest BCUT2D eigenvalue weighted by atomic mass is 16.5. The third-order valence-corrected chi connectivity index (χ3v) is 3.28. The second-order valence-corrected chi connectivity index (χ2v) is 4.92. The molecular weight excluding hydrogens is 264 g/mol. The molecule has 0 saturated heterocycles. The van der Waals surface area contributed by atoms with Crippen LogP contribution in [-0.2, 0) is 6.42 Å². The number of nitrogens with two attached hydrogens (primary N) is 1. The Labute approximate surface area is 124 Å². The van der Waals surface area contributed by atoms with Gasteiger partial charge in [0.25, 0.3) is 5.91 Å². The fraction of sp³-hybridized carbons (Fsp3) is 0.235. The van der Waals surface area contributed by atoms with Crippen molar-refractivity contribution in [3.05, 3.63) is 59.2 Å². The zero-order chi connectivity index (χ0) is 15.2. The van der Waals surface area contributed by atoms with Crippen LogP contribution in [0.25, 0.3) is 0 Å². The minimum absolute atomic E-state index is 0.174. The van der Waals surface area contributed by atoms with E-state index in [4.69, 9.17) is 10.5 Å². The molecule has 3 N–H and O–H groups in total. The number of nitrogen functional groups attached to an aromatic ring is 1. The van der Waals surface area contributed by atoms with Crippen molar-refractivity contribution in [3.63, 3.8) is 0 Å². The van der Waals surface area contributed by atoms with Gasteiger partial charge in [-0.15, -0.1) is 0 Å². The molecule has 0 aliphatic heterocycles. The van der Waals surface area contributed by atoms with E-state index in [0.29, 0.717) is 23.5 Å². The van der Waals surface area contributed by atoms with E-state index in [2.05, 4.69) is 30.4 Å². The van der Waals surface area contributed by atoms with Crippen molar-refractivity contribution < 1.29 is 9.53 Å². The minimum Gasteiger partial charge on any atom is -0.494 e.